The lowest BCUT2D eigenvalue weighted by molar-refractivity contribution is 0.102. The molecule has 0 aliphatic carbocycles. The van der Waals surface area contributed by atoms with E-state index >= 15 is 0 Å². The molecule has 0 atom stereocenters. The predicted octanol–water partition coefficient (Wildman–Crippen LogP) is 7.49. The van der Waals surface area contributed by atoms with Crippen LogP contribution in [0, 0.1) is 6.92 Å². The summed E-state index contributed by atoms with van der Waals surface area (Å²) in [7, 11) is 0. The first-order chi connectivity index (χ1) is 18.7. The predicted molar refractivity (Wildman–Crippen MR) is 160 cm³/mol. The summed E-state index contributed by atoms with van der Waals surface area (Å²) in [6.07, 6.45) is 0. The fourth-order valence-corrected chi connectivity index (χ4v) is 4.26. The van der Waals surface area contributed by atoms with E-state index in [2.05, 4.69) is 42.8 Å². The molecule has 39 heavy (non-hydrogen) atoms. The van der Waals surface area contributed by atoms with Gasteiger partial charge in [-0.2, -0.15) is 0 Å². The zero-order chi connectivity index (χ0) is 27.4. The highest BCUT2D eigenvalue weighted by molar-refractivity contribution is 6.05. The van der Waals surface area contributed by atoms with Crippen molar-refractivity contribution in [3.8, 4) is 11.3 Å². The average molecular weight is 516 g/mol. The number of aryl methyl sites for hydroxylation is 1. The van der Waals surface area contributed by atoms with Crippen molar-refractivity contribution in [2.24, 2.45) is 0 Å². The highest BCUT2D eigenvalue weighted by Gasteiger charge is 2.13. The number of nitrogens with zero attached hydrogens (tertiary/aromatic N) is 2. The van der Waals surface area contributed by atoms with Gasteiger partial charge in [-0.1, -0.05) is 60.7 Å². The van der Waals surface area contributed by atoms with Gasteiger partial charge in [0.2, 0.25) is 5.95 Å². The highest BCUT2D eigenvalue weighted by atomic mass is 16.1. The van der Waals surface area contributed by atoms with Crippen LogP contribution in [0.4, 0.5) is 17.3 Å². The van der Waals surface area contributed by atoms with Crippen LogP contribution < -0.4 is 16.0 Å². The van der Waals surface area contributed by atoms with Gasteiger partial charge in [-0.05, 0) is 75.2 Å². The van der Waals surface area contributed by atoms with Crippen LogP contribution in [0.25, 0.3) is 22.2 Å². The highest BCUT2D eigenvalue weighted by Crippen LogP contribution is 2.28. The monoisotopic (exact) mass is 515 g/mol. The summed E-state index contributed by atoms with van der Waals surface area (Å²) in [5.41, 5.74) is 7.10. The van der Waals surface area contributed by atoms with Gasteiger partial charge in [-0.25, -0.2) is 9.97 Å². The van der Waals surface area contributed by atoms with Crippen molar-refractivity contribution in [2.45, 2.75) is 39.8 Å². The molecule has 0 spiro atoms. The van der Waals surface area contributed by atoms with Gasteiger partial charge in [0.05, 0.1) is 11.2 Å². The number of fused-ring (bicyclic) bond motifs is 1. The third-order valence-electron chi connectivity index (χ3n) is 6.43. The summed E-state index contributed by atoms with van der Waals surface area (Å²) in [6.45, 7) is 9.14. The zero-order valence-corrected chi connectivity index (χ0v) is 22.7. The standard InChI is InChI=1S/C33H33N5O/c1-22-14-15-23(21-34-33(2,3)4)20-29(22)36-31(39)25-16-18-26(19-17-25)35-32-37-28-13-9-8-12-27(28)30(38-32)24-10-6-5-7-11-24/h5-20,34H,21H2,1-4H3,(H,36,39)(H,35,37,38). The summed E-state index contributed by atoms with van der Waals surface area (Å²) in [5, 5.41) is 10.9. The number of rotatable bonds is 7. The molecule has 3 N–H and O–H groups in total. The van der Waals surface area contributed by atoms with Crippen LogP contribution in [0.2, 0.25) is 0 Å². The maximum Gasteiger partial charge on any atom is 0.255 e. The average Bonchev–Trinajstić information content (AvgIpc) is 2.93. The van der Waals surface area contributed by atoms with Gasteiger partial charge < -0.3 is 16.0 Å². The largest absolute Gasteiger partial charge is 0.324 e. The van der Waals surface area contributed by atoms with Gasteiger partial charge in [0, 0.05) is 40.0 Å². The first kappa shape index (κ1) is 26.1. The first-order valence-electron chi connectivity index (χ1n) is 13.1. The maximum atomic E-state index is 13.0. The Hall–Kier alpha value is -4.55. The molecular formula is C33H33N5O. The maximum absolute atomic E-state index is 13.0. The second kappa shape index (κ2) is 11.1. The van der Waals surface area contributed by atoms with E-state index in [0.717, 1.165) is 51.2 Å². The summed E-state index contributed by atoms with van der Waals surface area (Å²) in [6, 6.07) is 31.6. The fraction of sp³-hybridized carbons (Fsp3) is 0.182. The third kappa shape index (κ3) is 6.48. The van der Waals surface area contributed by atoms with Crippen molar-refractivity contribution >= 4 is 34.1 Å². The number of nitrogens with one attached hydrogen (secondary N) is 3. The number of carbonyl (C=O) groups is 1. The Morgan fingerprint density at radius 1 is 0.821 bits per heavy atom. The Kier molecular flexibility index (Phi) is 7.39. The summed E-state index contributed by atoms with van der Waals surface area (Å²) < 4.78 is 0. The van der Waals surface area contributed by atoms with Gasteiger partial charge in [0.1, 0.15) is 0 Å². The van der Waals surface area contributed by atoms with E-state index in [1.165, 1.54) is 0 Å². The molecule has 5 aromatic rings. The Labute approximate surface area is 229 Å². The molecule has 0 bridgehead atoms. The minimum atomic E-state index is -0.154. The normalized spacial score (nSPS) is 11.4. The molecule has 0 radical (unpaired) electrons. The molecule has 0 saturated heterocycles. The van der Waals surface area contributed by atoms with E-state index in [1.54, 1.807) is 12.1 Å². The lowest BCUT2D eigenvalue weighted by Gasteiger charge is -2.21. The van der Waals surface area contributed by atoms with Gasteiger partial charge in [0.25, 0.3) is 5.91 Å². The molecule has 196 valence electrons. The number of anilines is 3. The second-order valence-electron chi connectivity index (χ2n) is 10.7. The molecule has 6 heteroatoms. The molecule has 0 fully saturated rings. The van der Waals surface area contributed by atoms with E-state index < -0.39 is 0 Å². The van der Waals surface area contributed by atoms with Crippen LogP contribution >= 0.6 is 0 Å². The first-order valence-corrected chi connectivity index (χ1v) is 13.1. The van der Waals surface area contributed by atoms with Crippen molar-refractivity contribution in [1.29, 1.82) is 0 Å². The zero-order valence-electron chi connectivity index (χ0n) is 22.7. The Morgan fingerprint density at radius 2 is 1.54 bits per heavy atom. The topological polar surface area (TPSA) is 78.9 Å². The summed E-state index contributed by atoms with van der Waals surface area (Å²) in [4.78, 5) is 22.6. The number of hydrogen-bond acceptors (Lipinski definition) is 5. The lowest BCUT2D eigenvalue weighted by Crippen LogP contribution is -2.35. The van der Waals surface area contributed by atoms with E-state index in [0.29, 0.717) is 11.5 Å². The van der Waals surface area contributed by atoms with Crippen molar-refractivity contribution in [1.82, 2.24) is 15.3 Å². The third-order valence-corrected chi connectivity index (χ3v) is 6.43. The molecule has 4 aromatic carbocycles. The molecule has 6 nitrogen and oxygen atoms in total. The van der Waals surface area contributed by atoms with Gasteiger partial charge in [-0.15, -0.1) is 0 Å². The van der Waals surface area contributed by atoms with Gasteiger partial charge in [0.15, 0.2) is 0 Å². The van der Waals surface area contributed by atoms with Crippen molar-refractivity contribution in [3.63, 3.8) is 0 Å². The Balaban J connectivity index is 1.32. The van der Waals surface area contributed by atoms with E-state index in [1.807, 2.05) is 85.8 Å². The molecule has 1 amide bonds. The number of hydrogen-bond donors (Lipinski definition) is 3. The van der Waals surface area contributed by atoms with Crippen LogP contribution in [-0.4, -0.2) is 21.4 Å². The van der Waals surface area contributed by atoms with Gasteiger partial charge in [-0.3, -0.25) is 4.79 Å². The molecule has 0 aliphatic rings. The van der Waals surface area contributed by atoms with E-state index in [4.69, 9.17) is 9.97 Å². The van der Waals surface area contributed by atoms with Crippen LogP contribution in [0.5, 0.6) is 0 Å². The van der Waals surface area contributed by atoms with Crippen LogP contribution in [-0.2, 0) is 6.54 Å². The summed E-state index contributed by atoms with van der Waals surface area (Å²) in [5.74, 6) is 0.347. The smallest absolute Gasteiger partial charge is 0.255 e. The lowest BCUT2D eigenvalue weighted by atomic mass is 10.1. The SMILES string of the molecule is Cc1ccc(CNC(C)(C)C)cc1NC(=O)c1ccc(Nc2nc(-c3ccccc3)c3ccccc3n2)cc1. The minimum Gasteiger partial charge on any atom is -0.324 e. The van der Waals surface area contributed by atoms with E-state index in [-0.39, 0.29) is 11.4 Å². The van der Waals surface area contributed by atoms with Gasteiger partial charge >= 0.3 is 0 Å². The number of benzene rings is 4. The van der Waals surface area contributed by atoms with Crippen molar-refractivity contribution < 1.29 is 4.79 Å². The molecule has 1 aromatic heterocycles. The summed E-state index contributed by atoms with van der Waals surface area (Å²) >= 11 is 0. The molecule has 5 rings (SSSR count). The molecular weight excluding hydrogens is 482 g/mol. The van der Waals surface area contributed by atoms with Crippen LogP contribution in [0.1, 0.15) is 42.3 Å². The van der Waals surface area contributed by atoms with Crippen LogP contribution in [0.15, 0.2) is 97.1 Å². The van der Waals surface area contributed by atoms with Crippen LogP contribution in [0.3, 0.4) is 0 Å². The molecule has 0 aliphatic heterocycles. The Morgan fingerprint density at radius 3 is 2.28 bits per heavy atom. The quantitative estimate of drug-likeness (QED) is 0.209. The number of carbonyl (C=O) groups excluding carboxylic acids is 1. The molecule has 0 saturated carbocycles. The number of para-hydroxylation sites is 1. The van der Waals surface area contributed by atoms with E-state index in [9.17, 15) is 4.79 Å². The van der Waals surface area contributed by atoms with Crippen molar-refractivity contribution in [3.05, 3.63) is 114 Å². The fourth-order valence-electron chi connectivity index (χ4n) is 4.26. The Bertz CT molecular complexity index is 1610. The molecule has 1 heterocycles. The molecule has 0 unspecified atom stereocenters. The minimum absolute atomic E-state index is 0.0189. The number of amides is 1. The second-order valence-corrected chi connectivity index (χ2v) is 10.7. The number of aromatic nitrogens is 2. The van der Waals surface area contributed by atoms with Crippen molar-refractivity contribution in [2.75, 3.05) is 10.6 Å².